The average Bonchev–Trinajstić information content (AvgIpc) is 3.12. The van der Waals surface area contributed by atoms with Crippen molar-refractivity contribution in [3.8, 4) is 11.4 Å². The van der Waals surface area contributed by atoms with Crippen LogP contribution in [0.25, 0.3) is 11.4 Å². The lowest BCUT2D eigenvalue weighted by atomic mass is 10.0. The molecule has 2 amide bonds. The number of ether oxygens (including phenoxy) is 1. The lowest BCUT2D eigenvalue weighted by Gasteiger charge is -2.32. The maximum absolute atomic E-state index is 12.7. The van der Waals surface area contributed by atoms with Crippen LogP contribution in [0, 0.1) is 0 Å². The highest BCUT2D eigenvalue weighted by atomic mass is 16.5. The number of pyridine rings is 1. The highest BCUT2D eigenvalue weighted by Gasteiger charge is 2.28. The summed E-state index contributed by atoms with van der Waals surface area (Å²) < 4.78 is 4.90. The van der Waals surface area contributed by atoms with Crippen molar-refractivity contribution < 1.29 is 14.3 Å². The number of amides is 2. The van der Waals surface area contributed by atoms with E-state index in [1.54, 1.807) is 24.2 Å². The van der Waals surface area contributed by atoms with Crippen LogP contribution in [0.4, 0.5) is 10.6 Å². The van der Waals surface area contributed by atoms with E-state index in [1.807, 2.05) is 12.1 Å². The minimum atomic E-state index is -0.437. The van der Waals surface area contributed by atoms with Crippen LogP contribution >= 0.6 is 0 Å². The summed E-state index contributed by atoms with van der Waals surface area (Å²) in [5.74, 6) is 1.16. The lowest BCUT2D eigenvalue weighted by molar-refractivity contribution is -0.141. The molecule has 0 saturated carbocycles. The summed E-state index contributed by atoms with van der Waals surface area (Å²) in [7, 11) is 0. The molecule has 4 rings (SSSR count). The highest BCUT2D eigenvalue weighted by molar-refractivity contribution is 5.81. The highest BCUT2D eigenvalue weighted by Crippen LogP contribution is 2.31. The smallest absolute Gasteiger partial charge is 0.325 e. The predicted molar refractivity (Wildman–Crippen MR) is 120 cm³/mol. The first-order valence-electron chi connectivity index (χ1n) is 11.4. The third-order valence-corrected chi connectivity index (χ3v) is 5.84. The van der Waals surface area contributed by atoms with E-state index >= 15 is 0 Å². The van der Waals surface area contributed by atoms with Crippen LogP contribution in [0.1, 0.15) is 43.9 Å². The molecule has 1 saturated heterocycles. The number of nitrogens with one attached hydrogen (secondary N) is 1. The van der Waals surface area contributed by atoms with E-state index in [0.29, 0.717) is 31.9 Å². The molecule has 2 aromatic rings. The fraction of sp³-hybridized carbons (Fsp3) is 0.522. The molecule has 9 nitrogen and oxygen atoms in total. The molecule has 1 N–H and O–H groups in total. The molecule has 0 atom stereocenters. The zero-order valence-corrected chi connectivity index (χ0v) is 18.5. The number of hydrogen-bond donors (Lipinski definition) is 1. The number of carbonyl (C=O) groups is 2. The fourth-order valence-electron chi connectivity index (χ4n) is 4.21. The molecule has 32 heavy (non-hydrogen) atoms. The van der Waals surface area contributed by atoms with Gasteiger partial charge in [-0.25, -0.2) is 14.8 Å². The van der Waals surface area contributed by atoms with Crippen molar-refractivity contribution in [3.63, 3.8) is 0 Å². The Labute approximate surface area is 188 Å². The molecule has 9 heteroatoms. The van der Waals surface area contributed by atoms with Crippen molar-refractivity contribution in [1.29, 1.82) is 0 Å². The Morgan fingerprint density at radius 1 is 1.12 bits per heavy atom. The van der Waals surface area contributed by atoms with Gasteiger partial charge in [0.1, 0.15) is 12.4 Å². The Balaban J connectivity index is 1.60. The van der Waals surface area contributed by atoms with Gasteiger partial charge < -0.3 is 19.9 Å². The Morgan fingerprint density at radius 2 is 1.94 bits per heavy atom. The lowest BCUT2D eigenvalue weighted by Crippen LogP contribution is -2.45. The summed E-state index contributed by atoms with van der Waals surface area (Å²) in [5, 5.41) is 2.66. The van der Waals surface area contributed by atoms with Crippen molar-refractivity contribution >= 4 is 17.8 Å². The van der Waals surface area contributed by atoms with Crippen molar-refractivity contribution in [2.45, 2.75) is 45.6 Å². The Bertz CT molecular complexity index is 944. The third-order valence-electron chi connectivity index (χ3n) is 5.84. The summed E-state index contributed by atoms with van der Waals surface area (Å²) in [4.78, 5) is 42.4. The van der Waals surface area contributed by atoms with Crippen LogP contribution in [0.2, 0.25) is 0 Å². The molecule has 2 aromatic heterocycles. The molecule has 2 aliphatic rings. The van der Waals surface area contributed by atoms with E-state index in [4.69, 9.17) is 14.7 Å². The molecular weight excluding hydrogens is 408 g/mol. The van der Waals surface area contributed by atoms with E-state index in [-0.39, 0.29) is 12.6 Å². The number of urea groups is 1. The van der Waals surface area contributed by atoms with Gasteiger partial charge in [-0.15, -0.1) is 0 Å². The normalized spacial score (nSPS) is 16.2. The first-order chi connectivity index (χ1) is 15.7. The number of rotatable bonds is 5. The van der Waals surface area contributed by atoms with Crippen molar-refractivity contribution in [2.75, 3.05) is 37.7 Å². The van der Waals surface area contributed by atoms with Crippen molar-refractivity contribution in [3.05, 3.63) is 35.8 Å². The van der Waals surface area contributed by atoms with Crippen LogP contribution in [0.15, 0.2) is 24.5 Å². The molecule has 0 radical (unpaired) electrons. The first kappa shape index (κ1) is 22.0. The van der Waals surface area contributed by atoms with Gasteiger partial charge in [0.25, 0.3) is 0 Å². The number of esters is 1. The standard InChI is InChI=1S/C23H30N6O3/c1-2-32-20(30)15-25-23(31)29-13-9-19-18(16-29)22(28-11-5-3-4-6-12-28)27-21(26-19)17-8-7-10-24-14-17/h7-8,10,14H,2-6,9,11-13,15-16H2,1H3,(H,25,31). The molecule has 0 unspecified atom stereocenters. The SMILES string of the molecule is CCOC(=O)CNC(=O)N1CCc2nc(-c3cccnc3)nc(N3CCCCCC3)c2C1. The third kappa shape index (κ3) is 5.15. The van der Waals surface area contributed by atoms with Crippen LogP contribution in [-0.2, 0) is 22.5 Å². The van der Waals surface area contributed by atoms with Gasteiger partial charge in [-0.05, 0) is 31.9 Å². The Kier molecular flexibility index (Phi) is 7.14. The van der Waals surface area contributed by atoms with Crippen molar-refractivity contribution in [1.82, 2.24) is 25.2 Å². The van der Waals surface area contributed by atoms with E-state index in [2.05, 4.69) is 15.2 Å². The molecule has 4 heterocycles. The second-order valence-corrected chi connectivity index (χ2v) is 8.07. The minimum absolute atomic E-state index is 0.133. The molecule has 0 spiro atoms. The monoisotopic (exact) mass is 438 g/mol. The number of fused-ring (bicyclic) bond motifs is 1. The average molecular weight is 439 g/mol. The van der Waals surface area contributed by atoms with E-state index in [9.17, 15) is 9.59 Å². The zero-order chi connectivity index (χ0) is 22.3. The number of hydrogen-bond acceptors (Lipinski definition) is 7. The van der Waals surface area contributed by atoms with E-state index in [0.717, 1.165) is 48.6 Å². The van der Waals surface area contributed by atoms with E-state index < -0.39 is 5.97 Å². The Morgan fingerprint density at radius 3 is 2.66 bits per heavy atom. The zero-order valence-electron chi connectivity index (χ0n) is 18.5. The van der Waals surface area contributed by atoms with Gasteiger partial charge in [-0.3, -0.25) is 9.78 Å². The van der Waals surface area contributed by atoms with Crippen LogP contribution in [-0.4, -0.2) is 64.6 Å². The van der Waals surface area contributed by atoms with Gasteiger partial charge in [0.2, 0.25) is 0 Å². The van der Waals surface area contributed by atoms with Crippen LogP contribution in [0.3, 0.4) is 0 Å². The number of carbonyl (C=O) groups excluding carboxylic acids is 2. The maximum atomic E-state index is 12.7. The number of nitrogens with zero attached hydrogens (tertiary/aromatic N) is 5. The molecule has 1 fully saturated rings. The molecule has 2 aliphatic heterocycles. The molecule has 0 bridgehead atoms. The maximum Gasteiger partial charge on any atom is 0.325 e. The summed E-state index contributed by atoms with van der Waals surface area (Å²) >= 11 is 0. The molecule has 0 aromatic carbocycles. The van der Waals surface area contributed by atoms with Gasteiger partial charge in [0.05, 0.1) is 18.8 Å². The quantitative estimate of drug-likeness (QED) is 0.716. The topological polar surface area (TPSA) is 101 Å². The number of aromatic nitrogens is 3. The summed E-state index contributed by atoms with van der Waals surface area (Å²) in [6.07, 6.45) is 8.87. The number of anilines is 1. The van der Waals surface area contributed by atoms with Gasteiger partial charge >= 0.3 is 12.0 Å². The van der Waals surface area contributed by atoms with Gasteiger partial charge in [-0.1, -0.05) is 12.8 Å². The van der Waals surface area contributed by atoms with Gasteiger partial charge in [0, 0.05) is 49.6 Å². The Hall–Kier alpha value is -3.23. The predicted octanol–water partition coefficient (Wildman–Crippen LogP) is 2.55. The van der Waals surface area contributed by atoms with Crippen molar-refractivity contribution in [2.24, 2.45) is 0 Å². The minimum Gasteiger partial charge on any atom is -0.465 e. The largest absolute Gasteiger partial charge is 0.465 e. The van der Waals surface area contributed by atoms with Crippen LogP contribution in [0.5, 0.6) is 0 Å². The van der Waals surface area contributed by atoms with Gasteiger partial charge in [-0.2, -0.15) is 0 Å². The summed E-state index contributed by atoms with van der Waals surface area (Å²) in [5.41, 5.74) is 2.87. The summed E-state index contributed by atoms with van der Waals surface area (Å²) in [6, 6.07) is 3.58. The molecule has 0 aliphatic carbocycles. The second-order valence-electron chi connectivity index (χ2n) is 8.07. The summed E-state index contributed by atoms with van der Waals surface area (Å²) in [6.45, 7) is 4.75. The molecule has 170 valence electrons. The fourth-order valence-corrected chi connectivity index (χ4v) is 4.21. The second kappa shape index (κ2) is 10.4. The molecular formula is C23H30N6O3. The van der Waals surface area contributed by atoms with E-state index in [1.165, 1.54) is 12.8 Å². The first-order valence-corrected chi connectivity index (χ1v) is 11.4. The van der Waals surface area contributed by atoms with Crippen LogP contribution < -0.4 is 10.2 Å². The van der Waals surface area contributed by atoms with Gasteiger partial charge in [0.15, 0.2) is 5.82 Å².